The third kappa shape index (κ3) is 4.23. The van der Waals surface area contributed by atoms with Crippen LogP contribution in [0.15, 0.2) is 42.9 Å². The molecule has 168 valence electrons. The molecule has 1 aliphatic carbocycles. The highest BCUT2D eigenvalue weighted by molar-refractivity contribution is 5.81. The average molecular weight is 432 g/mol. The molecule has 0 aromatic carbocycles. The molecule has 1 amide bonds. The maximum atomic E-state index is 13.0. The molecule has 3 aromatic heterocycles. The number of H-pyrrole nitrogens is 1. The number of hydrogen-bond donors (Lipinski definition) is 1. The number of rotatable bonds is 4. The van der Waals surface area contributed by atoms with Crippen LogP contribution < -0.4 is 4.90 Å². The predicted molar refractivity (Wildman–Crippen MR) is 128 cm³/mol. The number of carbonyl (C=O) groups excluding carboxylic acids is 1. The van der Waals surface area contributed by atoms with Gasteiger partial charge in [0, 0.05) is 55.4 Å². The Morgan fingerprint density at radius 2 is 1.78 bits per heavy atom. The van der Waals surface area contributed by atoms with E-state index in [9.17, 15) is 4.79 Å². The minimum atomic E-state index is 0.239. The van der Waals surface area contributed by atoms with E-state index in [1.807, 2.05) is 24.7 Å². The second-order valence-corrected chi connectivity index (χ2v) is 9.71. The van der Waals surface area contributed by atoms with Crippen LogP contribution >= 0.6 is 0 Å². The van der Waals surface area contributed by atoms with Gasteiger partial charge in [-0.15, -0.1) is 0 Å². The first-order valence-electron chi connectivity index (χ1n) is 12.0. The van der Waals surface area contributed by atoms with Crippen molar-refractivity contribution in [1.82, 2.24) is 19.9 Å². The van der Waals surface area contributed by atoms with Crippen molar-refractivity contribution in [3.63, 3.8) is 0 Å². The number of nitrogens with one attached hydrogen (secondary N) is 1. The Kier molecular flexibility index (Phi) is 5.85. The number of piperazine rings is 1. The molecule has 6 nitrogen and oxygen atoms in total. The summed E-state index contributed by atoms with van der Waals surface area (Å²) >= 11 is 0. The average Bonchev–Trinajstić information content (AvgIpc) is 3.32. The fourth-order valence-corrected chi connectivity index (χ4v) is 5.30. The predicted octanol–water partition coefficient (Wildman–Crippen LogP) is 4.74. The van der Waals surface area contributed by atoms with Gasteiger partial charge in [-0.2, -0.15) is 0 Å². The number of hydrogen-bond acceptors (Lipinski definition) is 4. The van der Waals surface area contributed by atoms with Crippen molar-refractivity contribution in [3.05, 3.63) is 42.9 Å². The Hall–Kier alpha value is -2.89. The Labute approximate surface area is 190 Å². The fraction of sp³-hybridized carbons (Fsp3) is 0.500. The second kappa shape index (κ2) is 8.93. The summed E-state index contributed by atoms with van der Waals surface area (Å²) < 4.78 is 0. The molecule has 0 radical (unpaired) electrons. The smallest absolute Gasteiger partial charge is 0.225 e. The SMILES string of the molecule is CC(C)C1CCC(C(=O)N2CCN(c3ccc(-c4cnc5[nH]ccc5c4)nc3)CC2)CC1. The molecule has 32 heavy (non-hydrogen) atoms. The van der Waals surface area contributed by atoms with Crippen LogP contribution in [-0.2, 0) is 4.79 Å². The van der Waals surface area contributed by atoms with Crippen molar-refractivity contribution in [2.75, 3.05) is 31.1 Å². The van der Waals surface area contributed by atoms with Gasteiger partial charge < -0.3 is 14.8 Å². The van der Waals surface area contributed by atoms with Crippen molar-refractivity contribution in [3.8, 4) is 11.3 Å². The molecule has 0 atom stereocenters. The topological polar surface area (TPSA) is 65.1 Å². The lowest BCUT2D eigenvalue weighted by Gasteiger charge is -2.39. The van der Waals surface area contributed by atoms with E-state index in [1.165, 1.54) is 12.8 Å². The molecule has 0 unspecified atom stereocenters. The number of nitrogens with zero attached hydrogens (tertiary/aromatic N) is 4. The van der Waals surface area contributed by atoms with Crippen LogP contribution in [0.1, 0.15) is 39.5 Å². The van der Waals surface area contributed by atoms with E-state index < -0.39 is 0 Å². The minimum Gasteiger partial charge on any atom is -0.367 e. The summed E-state index contributed by atoms with van der Waals surface area (Å²) in [5, 5.41) is 1.09. The second-order valence-electron chi connectivity index (χ2n) is 9.71. The van der Waals surface area contributed by atoms with Crippen LogP contribution in [0.5, 0.6) is 0 Å². The van der Waals surface area contributed by atoms with Gasteiger partial charge in [0.1, 0.15) is 5.65 Å². The van der Waals surface area contributed by atoms with Gasteiger partial charge in [-0.1, -0.05) is 13.8 Å². The number of aromatic nitrogens is 3. The monoisotopic (exact) mass is 431 g/mol. The zero-order chi connectivity index (χ0) is 22.1. The third-order valence-electron chi connectivity index (χ3n) is 7.46. The van der Waals surface area contributed by atoms with E-state index in [0.29, 0.717) is 5.91 Å². The largest absolute Gasteiger partial charge is 0.367 e. The maximum absolute atomic E-state index is 13.0. The first-order valence-corrected chi connectivity index (χ1v) is 12.0. The van der Waals surface area contributed by atoms with Gasteiger partial charge in [0.25, 0.3) is 0 Å². The first-order chi connectivity index (χ1) is 15.6. The molecule has 0 spiro atoms. The van der Waals surface area contributed by atoms with Crippen LogP contribution in [-0.4, -0.2) is 51.9 Å². The lowest BCUT2D eigenvalue weighted by atomic mass is 9.76. The number of pyridine rings is 2. The van der Waals surface area contributed by atoms with Crippen LogP contribution in [0.25, 0.3) is 22.3 Å². The number of fused-ring (bicyclic) bond motifs is 1. The zero-order valence-corrected chi connectivity index (χ0v) is 19.1. The molecule has 2 aliphatic rings. The molecule has 1 saturated carbocycles. The number of anilines is 1. The summed E-state index contributed by atoms with van der Waals surface area (Å²) in [6.45, 7) is 7.96. The minimum absolute atomic E-state index is 0.239. The van der Waals surface area contributed by atoms with E-state index >= 15 is 0 Å². The number of aromatic amines is 1. The normalized spacial score (nSPS) is 22.0. The van der Waals surface area contributed by atoms with Gasteiger partial charge in [-0.3, -0.25) is 9.78 Å². The lowest BCUT2D eigenvalue weighted by Crippen LogP contribution is -2.50. The summed E-state index contributed by atoms with van der Waals surface area (Å²) in [5.41, 5.74) is 3.96. The molecule has 0 bridgehead atoms. The van der Waals surface area contributed by atoms with E-state index in [0.717, 1.165) is 78.8 Å². The van der Waals surface area contributed by atoms with Crippen molar-refractivity contribution in [2.45, 2.75) is 39.5 Å². The van der Waals surface area contributed by atoms with Crippen LogP contribution in [0.2, 0.25) is 0 Å². The molecule has 6 heteroatoms. The van der Waals surface area contributed by atoms with E-state index in [2.05, 4.69) is 51.8 Å². The molecule has 1 aliphatic heterocycles. The van der Waals surface area contributed by atoms with Crippen molar-refractivity contribution >= 4 is 22.6 Å². The highest BCUT2D eigenvalue weighted by Gasteiger charge is 2.31. The summed E-state index contributed by atoms with van der Waals surface area (Å²) in [7, 11) is 0. The third-order valence-corrected chi connectivity index (χ3v) is 7.46. The van der Waals surface area contributed by atoms with E-state index in [4.69, 9.17) is 4.98 Å². The zero-order valence-electron chi connectivity index (χ0n) is 19.1. The van der Waals surface area contributed by atoms with E-state index in [1.54, 1.807) is 0 Å². The van der Waals surface area contributed by atoms with Crippen LogP contribution in [0, 0.1) is 17.8 Å². The van der Waals surface area contributed by atoms with Gasteiger partial charge in [-0.25, -0.2) is 4.98 Å². The molecule has 4 heterocycles. The van der Waals surface area contributed by atoms with Crippen molar-refractivity contribution in [2.24, 2.45) is 17.8 Å². The maximum Gasteiger partial charge on any atom is 0.225 e. The molecule has 2 fully saturated rings. The van der Waals surface area contributed by atoms with Gasteiger partial charge in [-0.05, 0) is 61.8 Å². The Bertz CT molecular complexity index is 1060. The van der Waals surface area contributed by atoms with Gasteiger partial charge in [0.15, 0.2) is 0 Å². The lowest BCUT2D eigenvalue weighted by molar-refractivity contribution is -0.137. The molecular formula is C26H33N5O. The Morgan fingerprint density at radius 3 is 2.47 bits per heavy atom. The van der Waals surface area contributed by atoms with Gasteiger partial charge >= 0.3 is 0 Å². The molecule has 3 aromatic rings. The first kappa shape index (κ1) is 21.0. The van der Waals surface area contributed by atoms with Gasteiger partial charge in [0.2, 0.25) is 5.91 Å². The molecule has 1 saturated heterocycles. The quantitative estimate of drug-likeness (QED) is 0.648. The molecule has 5 rings (SSSR count). The van der Waals surface area contributed by atoms with Crippen molar-refractivity contribution < 1.29 is 4.79 Å². The van der Waals surface area contributed by atoms with Gasteiger partial charge in [0.05, 0.1) is 17.6 Å². The Balaban J connectivity index is 1.17. The summed E-state index contributed by atoms with van der Waals surface area (Å²) in [5.74, 6) is 2.16. The van der Waals surface area contributed by atoms with E-state index in [-0.39, 0.29) is 5.92 Å². The van der Waals surface area contributed by atoms with Crippen LogP contribution in [0.4, 0.5) is 5.69 Å². The fourth-order valence-electron chi connectivity index (χ4n) is 5.30. The molecular weight excluding hydrogens is 398 g/mol. The number of carbonyl (C=O) groups is 1. The molecule has 1 N–H and O–H groups in total. The number of amides is 1. The highest BCUT2D eigenvalue weighted by Crippen LogP contribution is 2.34. The standard InChI is InChI=1S/C26H33N5O/c1-18(2)19-3-5-20(6-4-19)26(32)31-13-11-30(12-14-31)23-7-8-24(28-17-23)22-15-21-9-10-27-25(21)29-16-22/h7-10,15-20H,3-6,11-14H2,1-2H3,(H,27,29). The summed E-state index contributed by atoms with van der Waals surface area (Å²) in [4.78, 5) is 29.7. The van der Waals surface area contributed by atoms with Crippen LogP contribution in [0.3, 0.4) is 0 Å². The van der Waals surface area contributed by atoms with Crippen molar-refractivity contribution in [1.29, 1.82) is 0 Å². The Morgan fingerprint density at radius 1 is 1.00 bits per heavy atom. The summed E-state index contributed by atoms with van der Waals surface area (Å²) in [6, 6.07) is 8.33. The highest BCUT2D eigenvalue weighted by atomic mass is 16.2. The summed E-state index contributed by atoms with van der Waals surface area (Å²) in [6.07, 6.45) is 10.3.